The molecule has 1 fully saturated rings. The molecule has 7 heteroatoms. The highest BCUT2D eigenvalue weighted by atomic mass is 16.1. The van der Waals surface area contributed by atoms with Crippen LogP contribution < -0.4 is 10.2 Å². The summed E-state index contributed by atoms with van der Waals surface area (Å²) < 4.78 is 2.06. The van der Waals surface area contributed by atoms with E-state index in [0.29, 0.717) is 0 Å². The lowest BCUT2D eigenvalue weighted by molar-refractivity contribution is -0.121. The molecule has 7 rings (SSSR count). The molecule has 7 nitrogen and oxygen atoms in total. The van der Waals surface area contributed by atoms with Crippen LogP contribution >= 0.6 is 0 Å². The monoisotopic (exact) mass is 544 g/mol. The van der Waals surface area contributed by atoms with Gasteiger partial charge in [0.2, 0.25) is 11.7 Å². The molecule has 208 valence electrons. The maximum atomic E-state index is 13.2. The number of nitrogens with one attached hydrogen (secondary N) is 1. The van der Waals surface area contributed by atoms with E-state index in [0.717, 1.165) is 85.9 Å². The van der Waals surface area contributed by atoms with Crippen molar-refractivity contribution in [1.82, 2.24) is 24.6 Å². The molecule has 1 aliphatic heterocycles. The van der Waals surface area contributed by atoms with Gasteiger partial charge < -0.3 is 10.2 Å². The summed E-state index contributed by atoms with van der Waals surface area (Å²) in [7, 11) is 0. The fourth-order valence-electron chi connectivity index (χ4n) is 6.48. The molecule has 0 unspecified atom stereocenters. The van der Waals surface area contributed by atoms with E-state index in [1.54, 1.807) is 0 Å². The van der Waals surface area contributed by atoms with Gasteiger partial charge >= 0.3 is 0 Å². The number of hydrogen-bond donors (Lipinski definition) is 1. The standard InChI is InChI=1S/C34H36N6O/c41-33(32-27-13-5-3-11-25(27)26-12-4-6-14-28(26)32)35-18-9-1-2-10-19-38-21-23-39(24-22-38)31-17-20-40-30-16-8-7-15-29(30)36-34(40)37-31/h3-8,11-17,20,32H,1-2,9-10,18-19,21-24H2,(H,35,41). The van der Waals surface area contributed by atoms with Crippen molar-refractivity contribution in [3.63, 3.8) is 0 Å². The number of imidazole rings is 1. The summed E-state index contributed by atoms with van der Waals surface area (Å²) in [5.41, 5.74) is 6.70. The predicted molar refractivity (Wildman–Crippen MR) is 164 cm³/mol. The summed E-state index contributed by atoms with van der Waals surface area (Å²) in [6, 6.07) is 26.9. The second kappa shape index (κ2) is 11.3. The van der Waals surface area contributed by atoms with Gasteiger partial charge in [0.1, 0.15) is 5.82 Å². The van der Waals surface area contributed by atoms with Crippen LogP contribution in [-0.2, 0) is 4.79 Å². The largest absolute Gasteiger partial charge is 0.355 e. The first-order valence-electron chi connectivity index (χ1n) is 14.9. The number of amides is 1. The molecule has 1 saturated heterocycles. The van der Waals surface area contributed by atoms with Gasteiger partial charge in [0, 0.05) is 38.9 Å². The molecule has 0 saturated carbocycles. The van der Waals surface area contributed by atoms with E-state index in [-0.39, 0.29) is 11.8 Å². The molecule has 3 heterocycles. The maximum absolute atomic E-state index is 13.2. The zero-order chi connectivity index (χ0) is 27.6. The average Bonchev–Trinajstić information content (AvgIpc) is 3.56. The Morgan fingerprint density at radius 3 is 2.22 bits per heavy atom. The van der Waals surface area contributed by atoms with E-state index in [1.165, 1.54) is 24.0 Å². The minimum Gasteiger partial charge on any atom is -0.355 e. The Balaban J connectivity index is 0.824. The minimum atomic E-state index is -0.197. The molecule has 0 spiro atoms. The molecular weight excluding hydrogens is 508 g/mol. The number of fused-ring (bicyclic) bond motifs is 6. The lowest BCUT2D eigenvalue weighted by atomic mass is 9.96. The van der Waals surface area contributed by atoms with Crippen molar-refractivity contribution in [2.24, 2.45) is 0 Å². The first-order chi connectivity index (χ1) is 20.3. The zero-order valence-electron chi connectivity index (χ0n) is 23.4. The van der Waals surface area contributed by atoms with E-state index < -0.39 is 0 Å². The Morgan fingerprint density at radius 2 is 1.44 bits per heavy atom. The third-order valence-electron chi connectivity index (χ3n) is 8.66. The number of anilines is 1. The fraction of sp³-hybridized carbons (Fsp3) is 0.324. The van der Waals surface area contributed by atoms with E-state index >= 15 is 0 Å². The van der Waals surface area contributed by atoms with Crippen LogP contribution in [0.3, 0.4) is 0 Å². The normalized spacial score (nSPS) is 15.4. The zero-order valence-corrected chi connectivity index (χ0v) is 23.4. The predicted octanol–water partition coefficient (Wildman–Crippen LogP) is 5.49. The highest BCUT2D eigenvalue weighted by Crippen LogP contribution is 2.44. The Labute approximate surface area is 240 Å². The molecule has 0 atom stereocenters. The summed E-state index contributed by atoms with van der Waals surface area (Å²) >= 11 is 0. The highest BCUT2D eigenvalue weighted by Gasteiger charge is 2.33. The van der Waals surface area contributed by atoms with E-state index in [2.05, 4.69) is 74.2 Å². The van der Waals surface area contributed by atoms with Gasteiger partial charge in [-0.25, -0.2) is 4.98 Å². The van der Waals surface area contributed by atoms with E-state index in [9.17, 15) is 4.79 Å². The van der Waals surface area contributed by atoms with Gasteiger partial charge in [-0.1, -0.05) is 73.5 Å². The van der Waals surface area contributed by atoms with Gasteiger partial charge in [0.05, 0.1) is 17.0 Å². The van der Waals surface area contributed by atoms with Crippen LogP contribution in [0.1, 0.15) is 42.7 Å². The smallest absolute Gasteiger partial charge is 0.236 e. The van der Waals surface area contributed by atoms with Gasteiger partial charge in [0.25, 0.3) is 0 Å². The quantitative estimate of drug-likeness (QED) is 0.249. The van der Waals surface area contributed by atoms with Crippen molar-refractivity contribution in [2.75, 3.05) is 44.2 Å². The molecule has 0 bridgehead atoms. The summed E-state index contributed by atoms with van der Waals surface area (Å²) in [6.45, 7) is 5.97. The number of unbranched alkanes of at least 4 members (excludes halogenated alkanes) is 3. The van der Waals surface area contributed by atoms with Gasteiger partial charge in [0.15, 0.2) is 0 Å². The molecule has 1 N–H and O–H groups in total. The van der Waals surface area contributed by atoms with E-state index in [4.69, 9.17) is 9.97 Å². The molecule has 1 aliphatic carbocycles. The Morgan fingerprint density at radius 1 is 0.756 bits per heavy atom. The van der Waals surface area contributed by atoms with Crippen LogP contribution in [0.5, 0.6) is 0 Å². The minimum absolute atomic E-state index is 0.120. The highest BCUT2D eigenvalue weighted by molar-refractivity contribution is 5.96. The Hall–Kier alpha value is -4.23. The fourth-order valence-corrected chi connectivity index (χ4v) is 6.48. The van der Waals surface area contributed by atoms with Gasteiger partial charge in [-0.3, -0.25) is 14.1 Å². The number of benzene rings is 3. The third kappa shape index (κ3) is 5.06. The van der Waals surface area contributed by atoms with Crippen molar-refractivity contribution >= 4 is 28.5 Å². The van der Waals surface area contributed by atoms with Crippen LogP contribution in [0.15, 0.2) is 85.1 Å². The Kier molecular flexibility index (Phi) is 7.11. The van der Waals surface area contributed by atoms with Gasteiger partial charge in [-0.15, -0.1) is 0 Å². The molecule has 1 amide bonds. The molecule has 3 aromatic carbocycles. The van der Waals surface area contributed by atoms with Crippen molar-refractivity contribution in [1.29, 1.82) is 0 Å². The average molecular weight is 545 g/mol. The SMILES string of the molecule is O=C(NCCCCCCN1CCN(c2ccn3c(n2)nc2ccccc23)CC1)C1c2ccccc2-c2ccccc21. The van der Waals surface area contributed by atoms with Crippen molar-refractivity contribution in [2.45, 2.75) is 31.6 Å². The molecule has 0 radical (unpaired) electrons. The first-order valence-corrected chi connectivity index (χ1v) is 14.9. The summed E-state index contributed by atoms with van der Waals surface area (Å²) in [4.78, 5) is 27.7. The van der Waals surface area contributed by atoms with Crippen molar-refractivity contribution in [3.8, 4) is 11.1 Å². The third-order valence-corrected chi connectivity index (χ3v) is 8.66. The van der Waals surface area contributed by atoms with Crippen LogP contribution in [0, 0.1) is 0 Å². The number of hydrogen-bond acceptors (Lipinski definition) is 5. The van der Waals surface area contributed by atoms with Crippen LogP contribution in [0.25, 0.3) is 27.9 Å². The number of aromatic nitrogens is 3. The van der Waals surface area contributed by atoms with Gasteiger partial charge in [-0.05, 0) is 59.8 Å². The summed E-state index contributed by atoms with van der Waals surface area (Å²) in [5, 5.41) is 3.22. The second-order valence-corrected chi connectivity index (χ2v) is 11.2. The maximum Gasteiger partial charge on any atom is 0.236 e. The second-order valence-electron chi connectivity index (χ2n) is 11.2. The number of piperazine rings is 1. The molecule has 2 aromatic heterocycles. The topological polar surface area (TPSA) is 65.8 Å². The molecule has 41 heavy (non-hydrogen) atoms. The lowest BCUT2D eigenvalue weighted by Crippen LogP contribution is -2.46. The van der Waals surface area contributed by atoms with Crippen LogP contribution in [0.4, 0.5) is 5.82 Å². The van der Waals surface area contributed by atoms with Crippen molar-refractivity contribution < 1.29 is 4.79 Å². The molecule has 5 aromatic rings. The van der Waals surface area contributed by atoms with E-state index in [1.807, 2.05) is 30.3 Å². The number of rotatable bonds is 9. The first kappa shape index (κ1) is 25.7. The van der Waals surface area contributed by atoms with Gasteiger partial charge in [-0.2, -0.15) is 4.98 Å². The number of carbonyl (C=O) groups excluding carboxylic acids is 1. The van der Waals surface area contributed by atoms with Crippen LogP contribution in [0.2, 0.25) is 0 Å². The Bertz CT molecular complexity index is 1640. The number of para-hydroxylation sites is 2. The lowest BCUT2D eigenvalue weighted by Gasteiger charge is -2.35. The summed E-state index contributed by atoms with van der Waals surface area (Å²) in [5.74, 6) is 1.70. The number of nitrogens with zero attached hydrogens (tertiary/aromatic N) is 5. The van der Waals surface area contributed by atoms with Crippen LogP contribution in [-0.4, -0.2) is 64.4 Å². The summed E-state index contributed by atoms with van der Waals surface area (Å²) in [6.07, 6.45) is 6.64. The number of carbonyl (C=O) groups is 1. The molecule has 2 aliphatic rings. The molecular formula is C34H36N6O. The van der Waals surface area contributed by atoms with Crippen molar-refractivity contribution in [3.05, 3.63) is 96.2 Å².